The molecule has 0 aliphatic carbocycles. The van der Waals surface area contributed by atoms with E-state index < -0.39 is 0 Å². The van der Waals surface area contributed by atoms with Crippen molar-refractivity contribution in [3.05, 3.63) is 29.3 Å². The molecule has 0 radical (unpaired) electrons. The number of carbonyl (C=O) groups is 2. The molecule has 2 unspecified atom stereocenters. The minimum atomic E-state index is -0.242. The Morgan fingerprint density at radius 2 is 2.00 bits per heavy atom. The van der Waals surface area contributed by atoms with Crippen molar-refractivity contribution in [3.8, 4) is 0 Å². The summed E-state index contributed by atoms with van der Waals surface area (Å²) in [5, 5.41) is 3.96. The second kappa shape index (κ2) is 6.26. The first-order valence-electron chi connectivity index (χ1n) is 7.62. The van der Waals surface area contributed by atoms with Gasteiger partial charge in [0.2, 0.25) is 11.8 Å². The van der Waals surface area contributed by atoms with Crippen LogP contribution >= 0.6 is 11.6 Å². The van der Waals surface area contributed by atoms with Gasteiger partial charge in [-0.2, -0.15) is 0 Å². The number of hydrogen-bond donors (Lipinski definition) is 1. The topological polar surface area (TPSA) is 52.7 Å². The molecule has 118 valence electrons. The molecule has 0 saturated carbocycles. The number of hydrogen-bond acceptors (Lipinski definition) is 3. The largest absolute Gasteiger partial charge is 0.340 e. The molecule has 2 aliphatic rings. The van der Waals surface area contributed by atoms with Crippen molar-refractivity contribution in [2.45, 2.75) is 19.4 Å². The van der Waals surface area contributed by atoms with Gasteiger partial charge in [-0.05, 0) is 31.2 Å². The van der Waals surface area contributed by atoms with Crippen LogP contribution in [0.2, 0.25) is 5.02 Å². The number of piperazine rings is 1. The van der Waals surface area contributed by atoms with Crippen LogP contribution < -0.4 is 10.2 Å². The highest BCUT2D eigenvalue weighted by molar-refractivity contribution is 6.30. The van der Waals surface area contributed by atoms with Crippen LogP contribution in [0.1, 0.15) is 13.3 Å². The highest BCUT2D eigenvalue weighted by Gasteiger charge is 2.37. The summed E-state index contributed by atoms with van der Waals surface area (Å²) in [6.45, 7) is 4.77. The zero-order valence-electron chi connectivity index (χ0n) is 12.6. The number of benzene rings is 1. The van der Waals surface area contributed by atoms with Crippen LogP contribution in [0.15, 0.2) is 24.3 Å². The van der Waals surface area contributed by atoms with Crippen LogP contribution in [0, 0.1) is 5.92 Å². The highest BCUT2D eigenvalue weighted by Crippen LogP contribution is 2.27. The Morgan fingerprint density at radius 3 is 2.68 bits per heavy atom. The molecular weight excluding hydrogens is 302 g/mol. The van der Waals surface area contributed by atoms with Crippen molar-refractivity contribution < 1.29 is 9.59 Å². The predicted molar refractivity (Wildman–Crippen MR) is 86.0 cm³/mol. The van der Waals surface area contributed by atoms with E-state index in [-0.39, 0.29) is 17.7 Å². The number of nitrogens with zero attached hydrogens (tertiary/aromatic N) is 2. The lowest BCUT2D eigenvalue weighted by atomic mass is 10.1. The summed E-state index contributed by atoms with van der Waals surface area (Å²) >= 11 is 5.88. The minimum Gasteiger partial charge on any atom is -0.340 e. The third-order valence-corrected chi connectivity index (χ3v) is 4.54. The molecule has 2 atom stereocenters. The van der Waals surface area contributed by atoms with E-state index in [0.717, 1.165) is 18.8 Å². The molecule has 22 heavy (non-hydrogen) atoms. The number of rotatable bonds is 2. The van der Waals surface area contributed by atoms with Crippen molar-refractivity contribution in [2.24, 2.45) is 5.92 Å². The Morgan fingerprint density at radius 1 is 1.27 bits per heavy atom. The maximum Gasteiger partial charge on any atom is 0.228 e. The van der Waals surface area contributed by atoms with E-state index in [9.17, 15) is 9.59 Å². The van der Waals surface area contributed by atoms with E-state index in [1.165, 1.54) is 0 Å². The van der Waals surface area contributed by atoms with Crippen molar-refractivity contribution in [3.63, 3.8) is 0 Å². The molecule has 1 aromatic rings. The fourth-order valence-corrected chi connectivity index (χ4v) is 3.26. The normalized spacial score (nSPS) is 25.6. The van der Waals surface area contributed by atoms with Crippen molar-refractivity contribution in [1.82, 2.24) is 10.2 Å². The molecule has 2 aliphatic heterocycles. The fourth-order valence-electron chi connectivity index (χ4n) is 3.13. The molecule has 0 bridgehead atoms. The maximum absolute atomic E-state index is 12.6. The maximum atomic E-state index is 12.6. The Hall–Kier alpha value is -1.59. The smallest absolute Gasteiger partial charge is 0.228 e. The highest BCUT2D eigenvalue weighted by atomic mass is 35.5. The van der Waals surface area contributed by atoms with Gasteiger partial charge in [-0.25, -0.2) is 0 Å². The summed E-state index contributed by atoms with van der Waals surface area (Å²) in [5.41, 5.74) is 0.804. The van der Waals surface area contributed by atoms with Crippen LogP contribution in [0.5, 0.6) is 0 Å². The number of anilines is 1. The zero-order valence-corrected chi connectivity index (χ0v) is 13.3. The number of nitrogens with one attached hydrogen (secondary N) is 1. The number of halogens is 1. The van der Waals surface area contributed by atoms with Gasteiger partial charge in [-0.1, -0.05) is 11.6 Å². The third kappa shape index (κ3) is 3.10. The van der Waals surface area contributed by atoms with E-state index >= 15 is 0 Å². The van der Waals surface area contributed by atoms with E-state index in [2.05, 4.69) is 12.2 Å². The molecule has 2 amide bonds. The molecule has 2 heterocycles. The molecule has 1 aromatic carbocycles. The van der Waals surface area contributed by atoms with Crippen molar-refractivity contribution in [1.29, 1.82) is 0 Å². The minimum absolute atomic E-state index is 0.00357. The second-order valence-electron chi connectivity index (χ2n) is 6.02. The quantitative estimate of drug-likeness (QED) is 0.898. The molecule has 2 saturated heterocycles. The number of carbonyl (C=O) groups excluding carboxylic acids is 2. The molecule has 2 fully saturated rings. The number of amides is 2. The lowest BCUT2D eigenvalue weighted by Crippen LogP contribution is -2.53. The fraction of sp³-hybridized carbons (Fsp3) is 0.500. The first-order valence-corrected chi connectivity index (χ1v) is 8.00. The first-order chi connectivity index (χ1) is 10.5. The molecule has 6 heteroatoms. The summed E-state index contributed by atoms with van der Waals surface area (Å²) in [5.74, 6) is -0.143. The van der Waals surface area contributed by atoms with Crippen molar-refractivity contribution >= 4 is 29.1 Å². The molecule has 1 N–H and O–H groups in total. The molecule has 3 rings (SSSR count). The van der Waals surface area contributed by atoms with E-state index in [1.54, 1.807) is 17.0 Å². The lowest BCUT2D eigenvalue weighted by Gasteiger charge is -2.33. The van der Waals surface area contributed by atoms with Gasteiger partial charge in [0.1, 0.15) is 0 Å². The van der Waals surface area contributed by atoms with Gasteiger partial charge in [0, 0.05) is 49.4 Å². The lowest BCUT2D eigenvalue weighted by molar-refractivity contribution is -0.136. The predicted octanol–water partition coefficient (Wildman–Crippen LogP) is 1.51. The molecule has 0 aromatic heterocycles. The van der Waals surface area contributed by atoms with Gasteiger partial charge >= 0.3 is 0 Å². The van der Waals surface area contributed by atoms with Gasteiger partial charge in [0.05, 0.1) is 5.92 Å². The zero-order chi connectivity index (χ0) is 15.7. The second-order valence-corrected chi connectivity index (χ2v) is 6.46. The van der Waals surface area contributed by atoms with Gasteiger partial charge in [0.25, 0.3) is 0 Å². The van der Waals surface area contributed by atoms with Crippen LogP contribution in [-0.4, -0.2) is 48.9 Å². The van der Waals surface area contributed by atoms with Crippen LogP contribution in [-0.2, 0) is 9.59 Å². The molecular formula is C16H20ClN3O2. The third-order valence-electron chi connectivity index (χ3n) is 4.29. The van der Waals surface area contributed by atoms with Crippen LogP contribution in [0.3, 0.4) is 0 Å². The van der Waals surface area contributed by atoms with Crippen LogP contribution in [0.4, 0.5) is 5.69 Å². The summed E-state index contributed by atoms with van der Waals surface area (Å²) < 4.78 is 0. The van der Waals surface area contributed by atoms with E-state index in [0.29, 0.717) is 30.6 Å². The van der Waals surface area contributed by atoms with E-state index in [4.69, 9.17) is 11.6 Å². The summed E-state index contributed by atoms with van der Waals surface area (Å²) in [7, 11) is 0. The first kappa shape index (κ1) is 15.3. The Labute approximate surface area is 135 Å². The standard InChI is InChI=1S/C16H20ClN3O2/c1-11-9-19(7-6-18-11)16(22)12-8-15(21)20(10-12)14-4-2-13(17)3-5-14/h2-5,11-12,18H,6-10H2,1H3. The summed E-state index contributed by atoms with van der Waals surface area (Å²) in [6, 6.07) is 7.47. The SMILES string of the molecule is CC1CN(C(=O)C2CC(=O)N(c3ccc(Cl)cc3)C2)CCN1. The average molecular weight is 322 g/mol. The Bertz CT molecular complexity index is 575. The van der Waals surface area contributed by atoms with Gasteiger partial charge < -0.3 is 15.1 Å². The van der Waals surface area contributed by atoms with E-state index in [1.807, 2.05) is 17.0 Å². The monoisotopic (exact) mass is 321 g/mol. The van der Waals surface area contributed by atoms with Gasteiger partial charge in [-0.3, -0.25) is 9.59 Å². The molecule has 0 spiro atoms. The summed E-state index contributed by atoms with van der Waals surface area (Å²) in [4.78, 5) is 28.4. The van der Waals surface area contributed by atoms with Gasteiger partial charge in [0.15, 0.2) is 0 Å². The molecule has 5 nitrogen and oxygen atoms in total. The average Bonchev–Trinajstić information content (AvgIpc) is 2.89. The Kier molecular flexibility index (Phi) is 4.36. The van der Waals surface area contributed by atoms with Crippen LogP contribution in [0.25, 0.3) is 0 Å². The Balaban J connectivity index is 1.68. The van der Waals surface area contributed by atoms with Gasteiger partial charge in [-0.15, -0.1) is 0 Å². The van der Waals surface area contributed by atoms with Crippen molar-refractivity contribution in [2.75, 3.05) is 31.1 Å². The summed E-state index contributed by atoms with van der Waals surface area (Å²) in [6.07, 6.45) is 0.291.